The fourth-order valence-corrected chi connectivity index (χ4v) is 4.37. The first-order chi connectivity index (χ1) is 13.6. The lowest BCUT2D eigenvalue weighted by molar-refractivity contribution is -0.143. The standard InChI is InChI=1S/C23H27N3O2/c1-23(16-20(27)24-17-23)22(28)26-14-12-25(13-15-26)21(18-8-4-2-5-9-18)19-10-6-3-7-11-19/h2-11,21H,12-17H2,1H3,(H,24,27). The van der Waals surface area contributed by atoms with Gasteiger partial charge in [0.1, 0.15) is 0 Å². The molecular formula is C23H27N3O2. The molecule has 2 fully saturated rings. The number of rotatable bonds is 4. The van der Waals surface area contributed by atoms with Crippen LogP contribution in [-0.4, -0.2) is 54.3 Å². The van der Waals surface area contributed by atoms with Crippen molar-refractivity contribution in [2.24, 2.45) is 5.41 Å². The van der Waals surface area contributed by atoms with Gasteiger partial charge in [-0.15, -0.1) is 0 Å². The Bertz CT molecular complexity index is 792. The second-order valence-corrected chi connectivity index (χ2v) is 8.07. The molecule has 1 unspecified atom stereocenters. The molecule has 1 N–H and O–H groups in total. The van der Waals surface area contributed by atoms with E-state index in [1.165, 1.54) is 11.1 Å². The van der Waals surface area contributed by atoms with E-state index in [4.69, 9.17) is 0 Å². The van der Waals surface area contributed by atoms with Crippen molar-refractivity contribution >= 4 is 11.8 Å². The summed E-state index contributed by atoms with van der Waals surface area (Å²) in [5.41, 5.74) is 1.94. The summed E-state index contributed by atoms with van der Waals surface area (Å²) in [5.74, 6) is 0.0733. The van der Waals surface area contributed by atoms with Gasteiger partial charge in [-0.3, -0.25) is 14.5 Å². The van der Waals surface area contributed by atoms with Gasteiger partial charge in [0.25, 0.3) is 0 Å². The molecule has 2 aromatic carbocycles. The molecular weight excluding hydrogens is 350 g/mol. The zero-order chi connectivity index (χ0) is 19.6. The van der Waals surface area contributed by atoms with Crippen molar-refractivity contribution in [1.29, 1.82) is 0 Å². The largest absolute Gasteiger partial charge is 0.355 e. The lowest BCUT2D eigenvalue weighted by Gasteiger charge is -2.41. The fraction of sp³-hybridized carbons (Fsp3) is 0.391. The Morgan fingerprint density at radius 1 is 0.929 bits per heavy atom. The summed E-state index contributed by atoms with van der Waals surface area (Å²) in [4.78, 5) is 29.0. The normalized spacial score (nSPS) is 23.1. The van der Waals surface area contributed by atoms with Gasteiger partial charge in [-0.25, -0.2) is 0 Å². The van der Waals surface area contributed by atoms with Gasteiger partial charge in [0.15, 0.2) is 0 Å². The van der Waals surface area contributed by atoms with Gasteiger partial charge in [0, 0.05) is 39.1 Å². The van der Waals surface area contributed by atoms with Crippen LogP contribution in [0.15, 0.2) is 60.7 Å². The molecule has 5 heteroatoms. The molecule has 2 aromatic rings. The minimum atomic E-state index is -0.600. The second-order valence-electron chi connectivity index (χ2n) is 8.07. The van der Waals surface area contributed by atoms with Crippen LogP contribution >= 0.6 is 0 Å². The predicted octanol–water partition coefficient (Wildman–Crippen LogP) is 2.45. The van der Waals surface area contributed by atoms with E-state index in [9.17, 15) is 9.59 Å². The van der Waals surface area contributed by atoms with Crippen molar-refractivity contribution in [1.82, 2.24) is 15.1 Å². The van der Waals surface area contributed by atoms with Crippen molar-refractivity contribution in [2.75, 3.05) is 32.7 Å². The van der Waals surface area contributed by atoms with E-state index >= 15 is 0 Å². The molecule has 0 spiro atoms. The highest BCUT2D eigenvalue weighted by Crippen LogP contribution is 2.32. The van der Waals surface area contributed by atoms with E-state index in [1.54, 1.807) is 0 Å². The number of amides is 2. The number of nitrogens with zero attached hydrogens (tertiary/aromatic N) is 2. The number of nitrogens with one attached hydrogen (secondary N) is 1. The van der Waals surface area contributed by atoms with Crippen LogP contribution in [0, 0.1) is 5.41 Å². The average Bonchev–Trinajstić information content (AvgIpc) is 3.10. The maximum Gasteiger partial charge on any atom is 0.230 e. The Labute approximate surface area is 166 Å². The molecule has 0 bridgehead atoms. The van der Waals surface area contributed by atoms with Gasteiger partial charge in [0.05, 0.1) is 11.5 Å². The fourth-order valence-electron chi connectivity index (χ4n) is 4.37. The van der Waals surface area contributed by atoms with Crippen molar-refractivity contribution in [2.45, 2.75) is 19.4 Å². The second kappa shape index (κ2) is 7.76. The molecule has 0 aliphatic carbocycles. The molecule has 0 saturated carbocycles. The molecule has 2 saturated heterocycles. The molecule has 146 valence electrons. The Morgan fingerprint density at radius 2 is 1.46 bits per heavy atom. The number of benzene rings is 2. The maximum absolute atomic E-state index is 13.0. The maximum atomic E-state index is 13.0. The highest BCUT2D eigenvalue weighted by atomic mass is 16.2. The van der Waals surface area contributed by atoms with Gasteiger partial charge < -0.3 is 10.2 Å². The highest BCUT2D eigenvalue weighted by molar-refractivity contribution is 5.92. The van der Waals surface area contributed by atoms with Crippen molar-refractivity contribution < 1.29 is 9.59 Å². The van der Waals surface area contributed by atoms with E-state index in [1.807, 2.05) is 24.0 Å². The zero-order valence-corrected chi connectivity index (χ0v) is 16.3. The smallest absolute Gasteiger partial charge is 0.230 e. The average molecular weight is 377 g/mol. The van der Waals surface area contributed by atoms with Gasteiger partial charge in [-0.05, 0) is 18.1 Å². The first kappa shape index (κ1) is 18.7. The van der Waals surface area contributed by atoms with Gasteiger partial charge in [-0.2, -0.15) is 0 Å². The molecule has 5 nitrogen and oxygen atoms in total. The third kappa shape index (κ3) is 3.67. The monoisotopic (exact) mass is 377 g/mol. The third-order valence-corrected chi connectivity index (χ3v) is 5.94. The third-order valence-electron chi connectivity index (χ3n) is 5.94. The van der Waals surface area contributed by atoms with Gasteiger partial charge in [0.2, 0.25) is 11.8 Å². The summed E-state index contributed by atoms with van der Waals surface area (Å²) in [6, 6.07) is 21.3. The van der Waals surface area contributed by atoms with Crippen LogP contribution in [0.4, 0.5) is 0 Å². The van der Waals surface area contributed by atoms with Crippen LogP contribution < -0.4 is 5.32 Å². The molecule has 2 aliphatic rings. The summed E-state index contributed by atoms with van der Waals surface area (Å²) in [5, 5.41) is 2.80. The van der Waals surface area contributed by atoms with Crippen molar-refractivity contribution in [3.05, 3.63) is 71.8 Å². The van der Waals surface area contributed by atoms with Crippen LogP contribution in [-0.2, 0) is 9.59 Å². The molecule has 2 aliphatic heterocycles. The lowest BCUT2D eigenvalue weighted by atomic mass is 9.87. The van der Waals surface area contributed by atoms with E-state index in [0.717, 1.165) is 13.1 Å². The van der Waals surface area contributed by atoms with E-state index in [0.29, 0.717) is 26.1 Å². The molecule has 4 rings (SSSR count). The van der Waals surface area contributed by atoms with Crippen LogP contribution in [0.2, 0.25) is 0 Å². The topological polar surface area (TPSA) is 52.7 Å². The first-order valence-electron chi connectivity index (χ1n) is 9.97. The number of carbonyl (C=O) groups excluding carboxylic acids is 2. The predicted molar refractivity (Wildman–Crippen MR) is 109 cm³/mol. The Balaban J connectivity index is 1.49. The zero-order valence-electron chi connectivity index (χ0n) is 16.3. The van der Waals surface area contributed by atoms with Crippen LogP contribution in [0.1, 0.15) is 30.5 Å². The Morgan fingerprint density at radius 3 is 1.93 bits per heavy atom. The van der Waals surface area contributed by atoms with Gasteiger partial charge in [-0.1, -0.05) is 60.7 Å². The SMILES string of the molecule is CC1(C(=O)N2CCN(C(c3ccccc3)c3ccccc3)CC2)CNC(=O)C1. The van der Waals surface area contributed by atoms with Gasteiger partial charge >= 0.3 is 0 Å². The number of carbonyl (C=O) groups is 2. The number of hydrogen-bond donors (Lipinski definition) is 1. The summed E-state index contributed by atoms with van der Waals surface area (Å²) >= 11 is 0. The summed E-state index contributed by atoms with van der Waals surface area (Å²) in [7, 11) is 0. The lowest BCUT2D eigenvalue weighted by Crippen LogP contribution is -2.53. The van der Waals surface area contributed by atoms with Crippen molar-refractivity contribution in [3.63, 3.8) is 0 Å². The molecule has 2 amide bonds. The van der Waals surface area contributed by atoms with E-state index in [-0.39, 0.29) is 17.9 Å². The van der Waals surface area contributed by atoms with Crippen LogP contribution in [0.25, 0.3) is 0 Å². The summed E-state index contributed by atoms with van der Waals surface area (Å²) in [6.45, 7) is 5.37. The molecule has 1 atom stereocenters. The van der Waals surface area contributed by atoms with Crippen LogP contribution in [0.3, 0.4) is 0 Å². The minimum Gasteiger partial charge on any atom is -0.355 e. The minimum absolute atomic E-state index is 0.0253. The summed E-state index contributed by atoms with van der Waals surface area (Å²) < 4.78 is 0. The first-order valence-corrected chi connectivity index (χ1v) is 9.97. The van der Waals surface area contributed by atoms with Crippen LogP contribution in [0.5, 0.6) is 0 Å². The molecule has 0 radical (unpaired) electrons. The molecule has 2 heterocycles. The highest BCUT2D eigenvalue weighted by Gasteiger charge is 2.43. The Kier molecular flexibility index (Phi) is 5.18. The number of hydrogen-bond acceptors (Lipinski definition) is 3. The Hall–Kier alpha value is -2.66. The van der Waals surface area contributed by atoms with E-state index in [2.05, 4.69) is 58.7 Å². The molecule has 0 aromatic heterocycles. The quantitative estimate of drug-likeness (QED) is 0.891. The molecule has 28 heavy (non-hydrogen) atoms. The van der Waals surface area contributed by atoms with Crippen molar-refractivity contribution in [3.8, 4) is 0 Å². The number of piperazine rings is 1. The van der Waals surface area contributed by atoms with E-state index < -0.39 is 5.41 Å². The summed E-state index contributed by atoms with van der Waals surface area (Å²) in [6.07, 6.45) is 0.294.